The summed E-state index contributed by atoms with van der Waals surface area (Å²) >= 11 is 0. The van der Waals surface area contributed by atoms with Crippen LogP contribution in [-0.4, -0.2) is 62.4 Å². The van der Waals surface area contributed by atoms with E-state index in [1.54, 1.807) is 13.8 Å². The minimum atomic E-state index is -0.752. The Morgan fingerprint density at radius 1 is 0.688 bits per heavy atom. The molecule has 0 aromatic carbocycles. The molecule has 0 rings (SSSR count). The lowest BCUT2D eigenvalue weighted by molar-refractivity contribution is -0.109. The van der Waals surface area contributed by atoms with E-state index < -0.39 is 12.6 Å². The molecule has 0 amide bonds. The first kappa shape index (κ1) is 15.8. The highest BCUT2D eigenvalue weighted by molar-refractivity contribution is 4.35. The number of aliphatic hydroxyl groups excluding tert-OH is 2. The highest BCUT2D eigenvalue weighted by atomic mass is 16.6. The Kier molecular flexibility index (Phi) is 11.1. The first-order valence-electron chi connectivity index (χ1n) is 5.37. The predicted octanol–water partition coefficient (Wildman–Crippen LogP) is -0.271. The molecule has 2 unspecified atom stereocenters. The van der Waals surface area contributed by atoms with Gasteiger partial charge in [0.05, 0.1) is 39.6 Å². The Labute approximate surface area is 96.1 Å². The molecular weight excluding hydrogens is 216 g/mol. The average Bonchev–Trinajstić information content (AvgIpc) is 2.20. The second-order valence-corrected chi connectivity index (χ2v) is 3.16. The molecular formula is C10H22O6. The molecule has 0 aliphatic rings. The van der Waals surface area contributed by atoms with Crippen molar-refractivity contribution >= 4 is 0 Å². The van der Waals surface area contributed by atoms with Crippen LogP contribution in [-0.2, 0) is 18.9 Å². The summed E-state index contributed by atoms with van der Waals surface area (Å²) in [6, 6.07) is 0. The van der Waals surface area contributed by atoms with Crippen LogP contribution in [0.15, 0.2) is 0 Å². The molecule has 0 saturated heterocycles. The third-order valence-electron chi connectivity index (χ3n) is 1.55. The van der Waals surface area contributed by atoms with Gasteiger partial charge in [0, 0.05) is 0 Å². The molecule has 0 aromatic heterocycles. The van der Waals surface area contributed by atoms with Gasteiger partial charge in [0.15, 0.2) is 12.6 Å². The highest BCUT2D eigenvalue weighted by Crippen LogP contribution is 1.86. The predicted molar refractivity (Wildman–Crippen MR) is 56.9 cm³/mol. The zero-order valence-corrected chi connectivity index (χ0v) is 9.92. The lowest BCUT2D eigenvalue weighted by Gasteiger charge is -2.09. The molecule has 16 heavy (non-hydrogen) atoms. The molecule has 0 fully saturated rings. The minimum absolute atomic E-state index is 0.364. The van der Waals surface area contributed by atoms with Crippen LogP contribution >= 0.6 is 0 Å². The summed E-state index contributed by atoms with van der Waals surface area (Å²) in [5.41, 5.74) is 0. The fourth-order valence-electron chi connectivity index (χ4n) is 0.877. The number of ether oxygens (including phenoxy) is 4. The second kappa shape index (κ2) is 11.3. The van der Waals surface area contributed by atoms with Crippen LogP contribution in [0, 0.1) is 0 Å². The summed E-state index contributed by atoms with van der Waals surface area (Å²) in [7, 11) is 0. The topological polar surface area (TPSA) is 77.4 Å². The van der Waals surface area contributed by atoms with Crippen molar-refractivity contribution in [3.05, 3.63) is 0 Å². The first-order valence-corrected chi connectivity index (χ1v) is 5.37. The van der Waals surface area contributed by atoms with Gasteiger partial charge in [-0.1, -0.05) is 0 Å². The molecule has 0 saturated carbocycles. The van der Waals surface area contributed by atoms with E-state index in [1.165, 1.54) is 0 Å². The van der Waals surface area contributed by atoms with Gasteiger partial charge in [-0.2, -0.15) is 0 Å². The summed E-state index contributed by atoms with van der Waals surface area (Å²) < 4.78 is 20.0. The Bertz CT molecular complexity index is 123. The van der Waals surface area contributed by atoms with Gasteiger partial charge in [0.1, 0.15) is 0 Å². The first-order chi connectivity index (χ1) is 7.63. The summed E-state index contributed by atoms with van der Waals surface area (Å²) in [5, 5.41) is 17.5. The molecule has 0 radical (unpaired) electrons. The Morgan fingerprint density at radius 2 is 1.00 bits per heavy atom. The summed E-state index contributed by atoms with van der Waals surface area (Å²) in [6.07, 6.45) is -1.50. The van der Waals surface area contributed by atoms with E-state index in [0.717, 1.165) is 0 Å². The van der Waals surface area contributed by atoms with Gasteiger partial charge in [-0.3, -0.25) is 0 Å². The van der Waals surface area contributed by atoms with Crippen LogP contribution in [0.5, 0.6) is 0 Å². The van der Waals surface area contributed by atoms with Gasteiger partial charge >= 0.3 is 0 Å². The fourth-order valence-corrected chi connectivity index (χ4v) is 0.877. The molecule has 0 aromatic rings. The fraction of sp³-hybridized carbons (Fsp3) is 1.00. The molecule has 98 valence electrons. The third-order valence-corrected chi connectivity index (χ3v) is 1.55. The maximum atomic E-state index is 8.76. The molecule has 6 nitrogen and oxygen atoms in total. The monoisotopic (exact) mass is 238 g/mol. The van der Waals surface area contributed by atoms with E-state index in [4.69, 9.17) is 29.2 Å². The van der Waals surface area contributed by atoms with Crippen molar-refractivity contribution in [1.82, 2.24) is 0 Å². The van der Waals surface area contributed by atoms with Gasteiger partial charge in [-0.05, 0) is 13.8 Å². The van der Waals surface area contributed by atoms with Crippen molar-refractivity contribution in [1.29, 1.82) is 0 Å². The highest BCUT2D eigenvalue weighted by Gasteiger charge is 1.96. The zero-order chi connectivity index (χ0) is 12.2. The number of aliphatic hydroxyl groups is 2. The zero-order valence-electron chi connectivity index (χ0n) is 9.92. The van der Waals surface area contributed by atoms with Crippen LogP contribution in [0.1, 0.15) is 13.8 Å². The Balaban J connectivity index is 2.93. The van der Waals surface area contributed by atoms with Gasteiger partial charge in [-0.25, -0.2) is 0 Å². The van der Waals surface area contributed by atoms with Gasteiger partial charge in [-0.15, -0.1) is 0 Å². The Hall–Kier alpha value is -0.240. The lowest BCUT2D eigenvalue weighted by atomic mass is 10.7. The summed E-state index contributed by atoms with van der Waals surface area (Å²) in [6.45, 7) is 5.62. The van der Waals surface area contributed by atoms with Crippen molar-refractivity contribution in [3.63, 3.8) is 0 Å². The van der Waals surface area contributed by atoms with Crippen molar-refractivity contribution in [2.75, 3.05) is 39.6 Å². The van der Waals surface area contributed by atoms with E-state index in [2.05, 4.69) is 0 Å². The SMILES string of the molecule is CC(O)OCCOCCOCCOC(C)O. The van der Waals surface area contributed by atoms with Crippen LogP contribution in [0.4, 0.5) is 0 Å². The van der Waals surface area contributed by atoms with Crippen molar-refractivity contribution < 1.29 is 29.2 Å². The van der Waals surface area contributed by atoms with Crippen LogP contribution in [0.3, 0.4) is 0 Å². The van der Waals surface area contributed by atoms with Crippen molar-refractivity contribution in [2.24, 2.45) is 0 Å². The normalized spacial score (nSPS) is 15.0. The summed E-state index contributed by atoms with van der Waals surface area (Å²) in [5.74, 6) is 0. The molecule has 2 atom stereocenters. The maximum Gasteiger partial charge on any atom is 0.151 e. The molecule has 0 aliphatic heterocycles. The van der Waals surface area contributed by atoms with Gasteiger partial charge < -0.3 is 29.2 Å². The molecule has 0 spiro atoms. The van der Waals surface area contributed by atoms with Crippen LogP contribution in [0.25, 0.3) is 0 Å². The number of rotatable bonds is 11. The van der Waals surface area contributed by atoms with Crippen LogP contribution in [0.2, 0.25) is 0 Å². The average molecular weight is 238 g/mol. The minimum Gasteiger partial charge on any atom is -0.377 e. The quantitative estimate of drug-likeness (QED) is 0.381. The molecule has 0 heterocycles. The van der Waals surface area contributed by atoms with E-state index >= 15 is 0 Å². The molecule has 6 heteroatoms. The molecule has 0 aliphatic carbocycles. The Morgan fingerprint density at radius 3 is 1.31 bits per heavy atom. The van der Waals surface area contributed by atoms with Crippen LogP contribution < -0.4 is 0 Å². The standard InChI is InChI=1S/C10H22O6/c1-9(11)15-7-5-13-3-4-14-6-8-16-10(2)12/h9-12H,3-8H2,1-2H3. The number of hydrogen-bond acceptors (Lipinski definition) is 6. The smallest absolute Gasteiger partial charge is 0.151 e. The lowest BCUT2D eigenvalue weighted by Crippen LogP contribution is -2.15. The van der Waals surface area contributed by atoms with Gasteiger partial charge in [0.25, 0.3) is 0 Å². The number of hydrogen-bond donors (Lipinski definition) is 2. The molecule has 2 N–H and O–H groups in total. The van der Waals surface area contributed by atoms with Gasteiger partial charge in [0.2, 0.25) is 0 Å². The second-order valence-electron chi connectivity index (χ2n) is 3.16. The summed E-state index contributed by atoms with van der Waals surface area (Å²) in [4.78, 5) is 0. The van der Waals surface area contributed by atoms with E-state index in [-0.39, 0.29) is 0 Å². The van der Waals surface area contributed by atoms with E-state index in [0.29, 0.717) is 39.6 Å². The van der Waals surface area contributed by atoms with E-state index in [1.807, 2.05) is 0 Å². The van der Waals surface area contributed by atoms with Crippen molar-refractivity contribution in [3.8, 4) is 0 Å². The largest absolute Gasteiger partial charge is 0.377 e. The van der Waals surface area contributed by atoms with E-state index in [9.17, 15) is 0 Å². The molecule has 0 bridgehead atoms. The van der Waals surface area contributed by atoms with Crippen molar-refractivity contribution in [2.45, 2.75) is 26.4 Å². The maximum absolute atomic E-state index is 8.76. The third kappa shape index (κ3) is 13.8.